The van der Waals surface area contributed by atoms with E-state index >= 15 is 0 Å². The summed E-state index contributed by atoms with van der Waals surface area (Å²) in [6.45, 7) is 6.08. The van der Waals surface area contributed by atoms with Gasteiger partial charge in [0.2, 0.25) is 10.0 Å². The molecule has 0 rings (SSSR count). The van der Waals surface area contributed by atoms with Gasteiger partial charge >= 0.3 is 0 Å². The quantitative estimate of drug-likeness (QED) is 0.521. The molecule has 0 aliphatic rings. The van der Waals surface area contributed by atoms with Crippen LogP contribution < -0.4 is 10.0 Å². The minimum atomic E-state index is -3.11. The zero-order valence-electron chi connectivity index (χ0n) is 9.16. The number of aliphatic hydroxyl groups is 1. The topological polar surface area (TPSA) is 78.4 Å². The molecule has 3 N–H and O–H groups in total. The lowest BCUT2D eigenvalue weighted by Gasteiger charge is -2.26. The standard InChI is InChI=1S/C8H20N2O3S/c1-7(8(2,3)11)9-5-6-10-14(4,12)13/h7,9-11H,5-6H2,1-4H3. The lowest BCUT2D eigenvalue weighted by molar-refractivity contribution is 0.0448. The van der Waals surface area contributed by atoms with Crippen molar-refractivity contribution < 1.29 is 13.5 Å². The molecule has 86 valence electrons. The van der Waals surface area contributed by atoms with Gasteiger partial charge in [-0.05, 0) is 20.8 Å². The van der Waals surface area contributed by atoms with Crippen LogP contribution in [0.25, 0.3) is 0 Å². The first-order valence-corrected chi connectivity index (χ1v) is 6.42. The number of sulfonamides is 1. The van der Waals surface area contributed by atoms with Crippen LogP contribution in [0, 0.1) is 0 Å². The Morgan fingerprint density at radius 2 is 1.86 bits per heavy atom. The maximum Gasteiger partial charge on any atom is 0.208 e. The summed E-state index contributed by atoms with van der Waals surface area (Å²) in [7, 11) is -3.11. The van der Waals surface area contributed by atoms with Gasteiger partial charge in [0.1, 0.15) is 0 Å². The largest absolute Gasteiger partial charge is 0.389 e. The summed E-state index contributed by atoms with van der Waals surface area (Å²) >= 11 is 0. The van der Waals surface area contributed by atoms with Crippen molar-refractivity contribution in [2.24, 2.45) is 0 Å². The molecule has 0 aliphatic heterocycles. The highest BCUT2D eigenvalue weighted by atomic mass is 32.2. The molecule has 0 bridgehead atoms. The molecule has 0 aromatic carbocycles. The maximum absolute atomic E-state index is 10.7. The first kappa shape index (κ1) is 13.8. The van der Waals surface area contributed by atoms with Crippen LogP contribution in [0.4, 0.5) is 0 Å². The van der Waals surface area contributed by atoms with Crippen LogP contribution in [0.2, 0.25) is 0 Å². The average Bonchev–Trinajstić information content (AvgIpc) is 1.93. The summed E-state index contributed by atoms with van der Waals surface area (Å²) in [5.41, 5.74) is -0.801. The van der Waals surface area contributed by atoms with Crippen LogP contribution in [0.3, 0.4) is 0 Å². The van der Waals surface area contributed by atoms with Gasteiger partial charge < -0.3 is 10.4 Å². The number of hydrogen-bond acceptors (Lipinski definition) is 4. The Labute approximate surface area is 85.9 Å². The molecule has 0 heterocycles. The summed E-state index contributed by atoms with van der Waals surface area (Å²) in [5.74, 6) is 0. The van der Waals surface area contributed by atoms with E-state index in [0.29, 0.717) is 13.1 Å². The SMILES string of the molecule is CC(NCCNS(C)(=O)=O)C(C)(C)O. The Morgan fingerprint density at radius 1 is 1.36 bits per heavy atom. The monoisotopic (exact) mass is 224 g/mol. The average molecular weight is 224 g/mol. The highest BCUT2D eigenvalue weighted by molar-refractivity contribution is 7.88. The van der Waals surface area contributed by atoms with Gasteiger partial charge in [-0.25, -0.2) is 13.1 Å². The van der Waals surface area contributed by atoms with E-state index in [1.54, 1.807) is 13.8 Å². The third-order valence-electron chi connectivity index (χ3n) is 2.00. The molecule has 0 saturated heterocycles. The third-order valence-corrected chi connectivity index (χ3v) is 2.73. The minimum Gasteiger partial charge on any atom is -0.389 e. The molecule has 0 aliphatic carbocycles. The van der Waals surface area contributed by atoms with Crippen molar-refractivity contribution in [1.29, 1.82) is 0 Å². The molecule has 0 spiro atoms. The highest BCUT2D eigenvalue weighted by Gasteiger charge is 2.21. The van der Waals surface area contributed by atoms with E-state index < -0.39 is 15.6 Å². The molecule has 0 saturated carbocycles. The first-order chi connectivity index (χ1) is 6.13. The van der Waals surface area contributed by atoms with Crippen LogP contribution >= 0.6 is 0 Å². The molecule has 0 aromatic rings. The van der Waals surface area contributed by atoms with Crippen molar-refractivity contribution in [2.45, 2.75) is 32.4 Å². The normalized spacial score (nSPS) is 15.5. The lowest BCUT2D eigenvalue weighted by atomic mass is 10.0. The predicted molar refractivity (Wildman–Crippen MR) is 56.6 cm³/mol. The second kappa shape index (κ2) is 5.06. The van der Waals surface area contributed by atoms with Crippen molar-refractivity contribution in [3.05, 3.63) is 0 Å². The van der Waals surface area contributed by atoms with Crippen molar-refractivity contribution in [3.63, 3.8) is 0 Å². The molecular formula is C8H20N2O3S. The zero-order chi connectivity index (χ0) is 11.4. The van der Waals surface area contributed by atoms with Gasteiger partial charge in [0.25, 0.3) is 0 Å². The van der Waals surface area contributed by atoms with E-state index in [9.17, 15) is 13.5 Å². The van der Waals surface area contributed by atoms with Crippen LogP contribution in [0.15, 0.2) is 0 Å². The van der Waals surface area contributed by atoms with E-state index in [2.05, 4.69) is 10.0 Å². The van der Waals surface area contributed by atoms with Gasteiger partial charge in [-0.3, -0.25) is 0 Å². The van der Waals surface area contributed by atoms with Crippen LogP contribution in [-0.4, -0.2) is 44.5 Å². The summed E-state index contributed by atoms with van der Waals surface area (Å²) in [6.07, 6.45) is 1.12. The fourth-order valence-electron chi connectivity index (χ4n) is 0.775. The first-order valence-electron chi connectivity index (χ1n) is 4.53. The summed E-state index contributed by atoms with van der Waals surface area (Å²) in [6, 6.07) is -0.0798. The molecule has 0 aromatic heterocycles. The third kappa shape index (κ3) is 7.25. The Balaban J connectivity index is 3.66. The lowest BCUT2D eigenvalue weighted by Crippen LogP contribution is -2.46. The minimum absolute atomic E-state index is 0.0798. The Morgan fingerprint density at radius 3 is 2.21 bits per heavy atom. The van der Waals surface area contributed by atoms with E-state index in [4.69, 9.17) is 0 Å². The molecule has 5 nitrogen and oxygen atoms in total. The number of rotatable bonds is 6. The van der Waals surface area contributed by atoms with Crippen molar-refractivity contribution in [1.82, 2.24) is 10.0 Å². The van der Waals surface area contributed by atoms with Gasteiger partial charge in [0.05, 0.1) is 11.9 Å². The van der Waals surface area contributed by atoms with E-state index in [1.807, 2.05) is 6.92 Å². The molecular weight excluding hydrogens is 204 g/mol. The molecule has 0 fully saturated rings. The molecule has 1 unspecified atom stereocenters. The predicted octanol–water partition coefficient (Wildman–Crippen LogP) is -0.715. The van der Waals surface area contributed by atoms with Crippen molar-refractivity contribution >= 4 is 10.0 Å². The fraction of sp³-hybridized carbons (Fsp3) is 1.00. The Kier molecular flexibility index (Phi) is 5.00. The Bertz CT molecular complexity index is 256. The molecule has 0 amide bonds. The van der Waals surface area contributed by atoms with E-state index in [-0.39, 0.29) is 6.04 Å². The summed E-state index contributed by atoms with van der Waals surface area (Å²) in [4.78, 5) is 0. The molecule has 0 radical (unpaired) electrons. The maximum atomic E-state index is 10.7. The summed E-state index contributed by atoms with van der Waals surface area (Å²) in [5, 5.41) is 12.6. The van der Waals surface area contributed by atoms with Crippen LogP contribution in [0.5, 0.6) is 0 Å². The van der Waals surface area contributed by atoms with E-state index in [0.717, 1.165) is 6.26 Å². The van der Waals surface area contributed by atoms with Gasteiger partial charge in [-0.15, -0.1) is 0 Å². The Hall–Kier alpha value is -0.170. The van der Waals surface area contributed by atoms with Crippen LogP contribution in [0.1, 0.15) is 20.8 Å². The van der Waals surface area contributed by atoms with Crippen molar-refractivity contribution in [2.75, 3.05) is 19.3 Å². The van der Waals surface area contributed by atoms with Crippen molar-refractivity contribution in [3.8, 4) is 0 Å². The highest BCUT2D eigenvalue weighted by Crippen LogP contribution is 2.06. The van der Waals surface area contributed by atoms with E-state index in [1.165, 1.54) is 0 Å². The summed E-state index contributed by atoms with van der Waals surface area (Å²) < 4.78 is 23.7. The smallest absolute Gasteiger partial charge is 0.208 e. The van der Waals surface area contributed by atoms with Gasteiger partial charge in [-0.1, -0.05) is 0 Å². The molecule has 6 heteroatoms. The van der Waals surface area contributed by atoms with Gasteiger partial charge in [0.15, 0.2) is 0 Å². The second-order valence-electron chi connectivity index (χ2n) is 4.00. The van der Waals surface area contributed by atoms with Gasteiger partial charge in [0, 0.05) is 19.1 Å². The van der Waals surface area contributed by atoms with Crippen LogP contribution in [-0.2, 0) is 10.0 Å². The number of nitrogens with one attached hydrogen (secondary N) is 2. The second-order valence-corrected chi connectivity index (χ2v) is 5.83. The van der Waals surface area contributed by atoms with Gasteiger partial charge in [-0.2, -0.15) is 0 Å². The number of hydrogen-bond donors (Lipinski definition) is 3. The molecule has 1 atom stereocenters. The zero-order valence-corrected chi connectivity index (χ0v) is 9.98. The molecule has 14 heavy (non-hydrogen) atoms. The fourth-order valence-corrected chi connectivity index (χ4v) is 1.25.